The van der Waals surface area contributed by atoms with Crippen LogP contribution in [0.15, 0.2) is 60.9 Å². The van der Waals surface area contributed by atoms with Crippen molar-refractivity contribution in [3.05, 3.63) is 78.0 Å². The SMILES string of the molecule is C[C@H](CO)N1C[C@H](C)[C@H](CN(C)C(=O)c2ccccn2)Oc2ncc(-c3ccc(F)cc3)cc2C1=O. The predicted octanol–water partition coefficient (Wildman–Crippen LogP) is 3.28. The Labute approximate surface area is 209 Å². The number of rotatable bonds is 6. The molecular weight excluding hydrogens is 463 g/mol. The van der Waals surface area contributed by atoms with Gasteiger partial charge < -0.3 is 19.6 Å². The summed E-state index contributed by atoms with van der Waals surface area (Å²) < 4.78 is 19.7. The number of likely N-dealkylation sites (N-methyl/N-ethyl adjacent to an activating group) is 1. The van der Waals surface area contributed by atoms with Gasteiger partial charge in [-0.2, -0.15) is 0 Å². The van der Waals surface area contributed by atoms with Crippen LogP contribution >= 0.6 is 0 Å². The van der Waals surface area contributed by atoms with Gasteiger partial charge in [0, 0.05) is 37.5 Å². The summed E-state index contributed by atoms with van der Waals surface area (Å²) in [5.41, 5.74) is 1.91. The molecule has 1 aromatic carbocycles. The molecule has 8 nitrogen and oxygen atoms in total. The molecule has 0 radical (unpaired) electrons. The van der Waals surface area contributed by atoms with Crippen LogP contribution in [-0.2, 0) is 0 Å². The fraction of sp³-hybridized carbons (Fsp3) is 0.333. The van der Waals surface area contributed by atoms with Gasteiger partial charge in [-0.1, -0.05) is 25.1 Å². The van der Waals surface area contributed by atoms with Crippen molar-refractivity contribution < 1.29 is 23.8 Å². The Morgan fingerprint density at radius 2 is 1.97 bits per heavy atom. The van der Waals surface area contributed by atoms with Crippen LogP contribution in [0.2, 0.25) is 0 Å². The van der Waals surface area contributed by atoms with E-state index in [9.17, 15) is 19.1 Å². The average Bonchev–Trinajstić information content (AvgIpc) is 2.90. The molecule has 36 heavy (non-hydrogen) atoms. The van der Waals surface area contributed by atoms with Gasteiger partial charge in [0.2, 0.25) is 5.88 Å². The van der Waals surface area contributed by atoms with Crippen molar-refractivity contribution in [3.63, 3.8) is 0 Å². The third-order valence-electron chi connectivity index (χ3n) is 6.38. The number of hydrogen-bond donors (Lipinski definition) is 1. The lowest BCUT2D eigenvalue weighted by molar-refractivity contribution is 0.0312. The highest BCUT2D eigenvalue weighted by atomic mass is 19.1. The number of aliphatic hydroxyl groups is 1. The number of fused-ring (bicyclic) bond motifs is 1. The Morgan fingerprint density at radius 1 is 1.22 bits per heavy atom. The van der Waals surface area contributed by atoms with Crippen LogP contribution in [0.4, 0.5) is 4.39 Å². The van der Waals surface area contributed by atoms with Crippen molar-refractivity contribution in [1.82, 2.24) is 19.8 Å². The van der Waals surface area contributed by atoms with Crippen LogP contribution in [0.5, 0.6) is 5.88 Å². The number of aliphatic hydroxyl groups excluding tert-OH is 1. The van der Waals surface area contributed by atoms with Crippen molar-refractivity contribution >= 4 is 11.8 Å². The van der Waals surface area contributed by atoms with Gasteiger partial charge in [-0.05, 0) is 42.8 Å². The van der Waals surface area contributed by atoms with E-state index in [2.05, 4.69) is 9.97 Å². The molecule has 0 aliphatic carbocycles. The Kier molecular flexibility index (Phi) is 7.59. The fourth-order valence-corrected chi connectivity index (χ4v) is 4.16. The highest BCUT2D eigenvalue weighted by molar-refractivity contribution is 5.98. The monoisotopic (exact) mass is 492 g/mol. The van der Waals surface area contributed by atoms with E-state index in [0.29, 0.717) is 23.4 Å². The molecule has 3 heterocycles. The Hall–Kier alpha value is -3.85. The number of carbonyl (C=O) groups is 2. The minimum atomic E-state index is -0.480. The maximum absolute atomic E-state index is 13.6. The number of halogens is 1. The summed E-state index contributed by atoms with van der Waals surface area (Å²) >= 11 is 0. The van der Waals surface area contributed by atoms with Crippen LogP contribution in [0.3, 0.4) is 0 Å². The lowest BCUT2D eigenvalue weighted by Crippen LogP contribution is -2.50. The number of carbonyl (C=O) groups excluding carboxylic acids is 2. The second-order valence-corrected chi connectivity index (χ2v) is 9.11. The lowest BCUT2D eigenvalue weighted by atomic mass is 9.99. The number of pyridine rings is 2. The third-order valence-corrected chi connectivity index (χ3v) is 6.38. The normalized spacial score (nSPS) is 18.5. The van der Waals surface area contributed by atoms with Gasteiger partial charge in [-0.15, -0.1) is 0 Å². The van der Waals surface area contributed by atoms with Gasteiger partial charge in [0.25, 0.3) is 11.8 Å². The zero-order valence-corrected chi connectivity index (χ0v) is 20.5. The van der Waals surface area contributed by atoms with E-state index in [1.165, 1.54) is 12.1 Å². The molecule has 3 atom stereocenters. The Balaban J connectivity index is 1.68. The van der Waals surface area contributed by atoms with Crippen molar-refractivity contribution in [2.24, 2.45) is 5.92 Å². The number of amides is 2. The molecule has 2 amide bonds. The summed E-state index contributed by atoms with van der Waals surface area (Å²) in [4.78, 5) is 38.2. The van der Waals surface area contributed by atoms with Crippen LogP contribution in [0.25, 0.3) is 11.1 Å². The average molecular weight is 493 g/mol. The molecule has 0 spiro atoms. The minimum Gasteiger partial charge on any atom is -0.472 e. The molecule has 0 saturated heterocycles. The van der Waals surface area contributed by atoms with Crippen LogP contribution in [0.1, 0.15) is 34.7 Å². The van der Waals surface area contributed by atoms with Gasteiger partial charge in [0.15, 0.2) is 0 Å². The fourth-order valence-electron chi connectivity index (χ4n) is 4.16. The van der Waals surface area contributed by atoms with E-state index in [1.54, 1.807) is 72.6 Å². The maximum Gasteiger partial charge on any atom is 0.272 e. The number of nitrogens with zero attached hydrogens (tertiary/aromatic N) is 4. The van der Waals surface area contributed by atoms with E-state index in [4.69, 9.17) is 4.74 Å². The van der Waals surface area contributed by atoms with Crippen LogP contribution in [-0.4, -0.2) is 75.6 Å². The Bertz CT molecular complexity index is 1220. The zero-order valence-electron chi connectivity index (χ0n) is 20.5. The summed E-state index contributed by atoms with van der Waals surface area (Å²) in [6.45, 7) is 4.06. The summed E-state index contributed by atoms with van der Waals surface area (Å²) in [6, 6.07) is 12.3. The van der Waals surface area contributed by atoms with E-state index in [1.807, 2.05) is 6.92 Å². The highest BCUT2D eigenvalue weighted by Crippen LogP contribution is 2.30. The van der Waals surface area contributed by atoms with Crippen LogP contribution < -0.4 is 4.74 Å². The van der Waals surface area contributed by atoms with Gasteiger partial charge in [0.05, 0.1) is 19.2 Å². The first kappa shape index (κ1) is 25.2. The topological polar surface area (TPSA) is 95.9 Å². The van der Waals surface area contributed by atoms with Gasteiger partial charge in [0.1, 0.15) is 23.2 Å². The molecule has 1 aliphatic rings. The summed E-state index contributed by atoms with van der Waals surface area (Å²) in [7, 11) is 1.68. The molecule has 3 aromatic rings. The standard InChI is InChI=1S/C27H29FN4O4/c1-17-14-32(18(2)16-33)26(34)22-12-20(19-7-9-21(28)10-8-19)13-30-25(22)36-24(17)15-31(3)27(35)23-6-4-5-11-29-23/h4-13,17-18,24,33H,14-16H2,1-3H3/t17-,18+,24-/m0/s1. The van der Waals surface area contributed by atoms with Crippen molar-refractivity contribution in [1.29, 1.82) is 0 Å². The zero-order chi connectivity index (χ0) is 25.8. The molecular formula is C27H29FN4O4. The van der Waals surface area contributed by atoms with Gasteiger partial charge in [-0.3, -0.25) is 14.6 Å². The van der Waals surface area contributed by atoms with E-state index < -0.39 is 12.1 Å². The van der Waals surface area contributed by atoms with E-state index >= 15 is 0 Å². The molecule has 1 aliphatic heterocycles. The second-order valence-electron chi connectivity index (χ2n) is 9.11. The molecule has 4 rings (SSSR count). The molecule has 0 bridgehead atoms. The first-order valence-corrected chi connectivity index (χ1v) is 11.8. The Morgan fingerprint density at radius 3 is 2.64 bits per heavy atom. The molecule has 0 saturated carbocycles. The number of benzene rings is 1. The van der Waals surface area contributed by atoms with Gasteiger partial charge >= 0.3 is 0 Å². The highest BCUT2D eigenvalue weighted by Gasteiger charge is 2.35. The first-order chi connectivity index (χ1) is 17.3. The lowest BCUT2D eigenvalue weighted by Gasteiger charge is -2.37. The first-order valence-electron chi connectivity index (χ1n) is 11.8. The number of aromatic nitrogens is 2. The largest absolute Gasteiger partial charge is 0.472 e. The minimum absolute atomic E-state index is 0.149. The summed E-state index contributed by atoms with van der Waals surface area (Å²) in [5, 5.41) is 9.83. The van der Waals surface area contributed by atoms with E-state index in [-0.39, 0.29) is 48.1 Å². The van der Waals surface area contributed by atoms with Crippen molar-refractivity contribution in [2.75, 3.05) is 26.7 Å². The molecule has 0 unspecified atom stereocenters. The maximum atomic E-state index is 13.6. The van der Waals surface area contributed by atoms with Crippen LogP contribution in [0, 0.1) is 11.7 Å². The molecule has 0 fully saturated rings. The smallest absolute Gasteiger partial charge is 0.272 e. The molecule has 1 N–H and O–H groups in total. The quantitative estimate of drug-likeness (QED) is 0.568. The summed E-state index contributed by atoms with van der Waals surface area (Å²) in [5.74, 6) is -0.942. The van der Waals surface area contributed by atoms with Gasteiger partial charge in [-0.25, -0.2) is 9.37 Å². The molecule has 2 aromatic heterocycles. The molecule has 188 valence electrons. The van der Waals surface area contributed by atoms with Crippen molar-refractivity contribution in [2.45, 2.75) is 26.0 Å². The number of hydrogen-bond acceptors (Lipinski definition) is 6. The predicted molar refractivity (Wildman–Crippen MR) is 132 cm³/mol. The number of ether oxygens (including phenoxy) is 1. The van der Waals surface area contributed by atoms with Crippen molar-refractivity contribution in [3.8, 4) is 17.0 Å². The summed E-state index contributed by atoms with van der Waals surface area (Å²) in [6.07, 6.45) is 2.66. The second kappa shape index (κ2) is 10.8. The molecule has 9 heteroatoms. The third kappa shape index (κ3) is 5.36. The van der Waals surface area contributed by atoms with E-state index in [0.717, 1.165) is 0 Å².